The summed E-state index contributed by atoms with van der Waals surface area (Å²) in [6, 6.07) is 4.59. The standard InChI is InChI=1S/C15H22ClF2NO2/c1-15(2,6-3-7-20)10-19-9-11-8-12(16)4-5-13(11)21-14(17)18/h4-5,8,14,19-20H,3,6-7,9-10H2,1-2H3. The van der Waals surface area contributed by atoms with Gasteiger partial charge in [-0.05, 0) is 36.5 Å². The summed E-state index contributed by atoms with van der Waals surface area (Å²) in [5.74, 6) is 0.134. The van der Waals surface area contributed by atoms with E-state index in [1.54, 1.807) is 6.07 Å². The normalized spacial score (nSPS) is 12.0. The van der Waals surface area contributed by atoms with Gasteiger partial charge < -0.3 is 15.2 Å². The molecule has 0 aliphatic heterocycles. The average molecular weight is 322 g/mol. The largest absolute Gasteiger partial charge is 0.434 e. The number of rotatable bonds is 9. The van der Waals surface area contributed by atoms with E-state index in [1.807, 2.05) is 0 Å². The Labute approximate surface area is 129 Å². The quantitative estimate of drug-likeness (QED) is 0.726. The lowest BCUT2D eigenvalue weighted by atomic mass is 9.88. The molecule has 1 aromatic carbocycles. The zero-order chi connectivity index (χ0) is 15.9. The second kappa shape index (κ2) is 8.51. The van der Waals surface area contributed by atoms with Crippen LogP contribution in [0.5, 0.6) is 5.75 Å². The third-order valence-corrected chi connectivity index (χ3v) is 3.40. The van der Waals surface area contributed by atoms with E-state index in [1.165, 1.54) is 12.1 Å². The van der Waals surface area contributed by atoms with Crippen molar-refractivity contribution in [2.45, 2.75) is 39.8 Å². The third-order valence-electron chi connectivity index (χ3n) is 3.17. The van der Waals surface area contributed by atoms with Crippen LogP contribution in [0.25, 0.3) is 0 Å². The van der Waals surface area contributed by atoms with E-state index in [2.05, 4.69) is 23.9 Å². The van der Waals surface area contributed by atoms with Gasteiger partial charge in [0.15, 0.2) is 0 Å². The Morgan fingerprint density at radius 1 is 1.38 bits per heavy atom. The lowest BCUT2D eigenvalue weighted by Gasteiger charge is -2.25. The predicted octanol–water partition coefficient (Wildman–Crippen LogP) is 3.83. The summed E-state index contributed by atoms with van der Waals surface area (Å²) in [7, 11) is 0. The van der Waals surface area contributed by atoms with Crippen LogP contribution in [-0.4, -0.2) is 24.9 Å². The zero-order valence-electron chi connectivity index (χ0n) is 12.3. The summed E-state index contributed by atoms with van der Waals surface area (Å²) < 4.78 is 29.2. The number of aliphatic hydroxyl groups excluding tert-OH is 1. The van der Waals surface area contributed by atoms with Crippen LogP contribution < -0.4 is 10.1 Å². The first kappa shape index (κ1) is 18.1. The van der Waals surface area contributed by atoms with E-state index < -0.39 is 6.61 Å². The number of hydrogen-bond donors (Lipinski definition) is 2. The molecule has 1 rings (SSSR count). The van der Waals surface area contributed by atoms with Crippen molar-refractivity contribution in [1.82, 2.24) is 5.32 Å². The Kier molecular flexibility index (Phi) is 7.35. The number of halogens is 3. The van der Waals surface area contributed by atoms with Gasteiger partial charge in [0.05, 0.1) is 0 Å². The second-order valence-electron chi connectivity index (χ2n) is 5.73. The van der Waals surface area contributed by atoms with Crippen molar-refractivity contribution in [2.24, 2.45) is 5.41 Å². The van der Waals surface area contributed by atoms with Crippen LogP contribution in [0.3, 0.4) is 0 Å². The van der Waals surface area contributed by atoms with Gasteiger partial charge in [0, 0.05) is 30.3 Å². The molecule has 0 radical (unpaired) electrons. The van der Waals surface area contributed by atoms with Gasteiger partial charge in [0.25, 0.3) is 0 Å². The maximum atomic E-state index is 12.4. The molecule has 2 N–H and O–H groups in total. The maximum absolute atomic E-state index is 12.4. The average Bonchev–Trinajstić information content (AvgIpc) is 2.39. The van der Waals surface area contributed by atoms with Crippen LogP contribution >= 0.6 is 11.6 Å². The number of alkyl halides is 2. The summed E-state index contributed by atoms with van der Waals surface area (Å²) in [6.07, 6.45) is 1.62. The first-order valence-electron chi connectivity index (χ1n) is 6.89. The number of hydrogen-bond acceptors (Lipinski definition) is 3. The Bertz CT molecular complexity index is 442. The van der Waals surface area contributed by atoms with Crippen LogP contribution in [-0.2, 0) is 6.54 Å². The van der Waals surface area contributed by atoms with Crippen molar-refractivity contribution in [2.75, 3.05) is 13.2 Å². The Hall–Kier alpha value is -0.910. The molecule has 0 saturated carbocycles. The minimum atomic E-state index is -2.86. The highest BCUT2D eigenvalue weighted by Gasteiger charge is 2.17. The molecule has 0 unspecified atom stereocenters. The van der Waals surface area contributed by atoms with Gasteiger partial charge in [0.1, 0.15) is 5.75 Å². The van der Waals surface area contributed by atoms with E-state index >= 15 is 0 Å². The van der Waals surface area contributed by atoms with Gasteiger partial charge in [0.2, 0.25) is 0 Å². The number of nitrogens with one attached hydrogen (secondary N) is 1. The Balaban J connectivity index is 2.59. The first-order chi connectivity index (χ1) is 9.84. The Morgan fingerprint density at radius 2 is 2.10 bits per heavy atom. The summed E-state index contributed by atoms with van der Waals surface area (Å²) >= 11 is 5.89. The van der Waals surface area contributed by atoms with Crippen LogP contribution in [0.2, 0.25) is 5.02 Å². The summed E-state index contributed by atoms with van der Waals surface area (Å²) in [5.41, 5.74) is 0.617. The van der Waals surface area contributed by atoms with Crippen LogP contribution in [0.4, 0.5) is 8.78 Å². The fourth-order valence-electron chi connectivity index (χ4n) is 2.08. The number of aliphatic hydroxyl groups is 1. The van der Waals surface area contributed by atoms with E-state index in [0.717, 1.165) is 12.8 Å². The molecule has 1 aromatic rings. The van der Waals surface area contributed by atoms with Gasteiger partial charge >= 0.3 is 6.61 Å². The predicted molar refractivity (Wildman–Crippen MR) is 79.9 cm³/mol. The van der Waals surface area contributed by atoms with Crippen LogP contribution in [0.15, 0.2) is 18.2 Å². The molecule has 0 aromatic heterocycles. The molecule has 0 atom stereocenters. The van der Waals surface area contributed by atoms with Gasteiger partial charge in [-0.3, -0.25) is 0 Å². The molecular formula is C15H22ClF2NO2. The molecule has 0 spiro atoms. The molecule has 21 heavy (non-hydrogen) atoms. The molecule has 0 heterocycles. The van der Waals surface area contributed by atoms with Gasteiger partial charge in [-0.15, -0.1) is 0 Å². The number of ether oxygens (including phenoxy) is 1. The van der Waals surface area contributed by atoms with Crippen LogP contribution in [0.1, 0.15) is 32.3 Å². The first-order valence-corrected chi connectivity index (χ1v) is 7.27. The van der Waals surface area contributed by atoms with E-state index in [9.17, 15) is 8.78 Å². The highest BCUT2D eigenvalue weighted by Crippen LogP contribution is 2.25. The zero-order valence-corrected chi connectivity index (χ0v) is 13.1. The Morgan fingerprint density at radius 3 is 2.71 bits per heavy atom. The smallest absolute Gasteiger partial charge is 0.387 e. The van der Waals surface area contributed by atoms with Gasteiger partial charge in [-0.2, -0.15) is 8.78 Å². The molecular weight excluding hydrogens is 300 g/mol. The van der Waals surface area contributed by atoms with E-state index in [-0.39, 0.29) is 17.8 Å². The van der Waals surface area contributed by atoms with Crippen molar-refractivity contribution >= 4 is 11.6 Å². The SMILES string of the molecule is CC(C)(CCCO)CNCc1cc(Cl)ccc1OC(F)F. The maximum Gasteiger partial charge on any atom is 0.387 e. The van der Waals surface area contributed by atoms with Crippen LogP contribution in [0, 0.1) is 5.41 Å². The fraction of sp³-hybridized carbons (Fsp3) is 0.600. The van der Waals surface area contributed by atoms with Gasteiger partial charge in [-0.25, -0.2) is 0 Å². The molecule has 120 valence electrons. The summed E-state index contributed by atoms with van der Waals surface area (Å²) in [6.45, 7) is 2.59. The highest BCUT2D eigenvalue weighted by atomic mass is 35.5. The van der Waals surface area contributed by atoms with E-state index in [4.69, 9.17) is 16.7 Å². The van der Waals surface area contributed by atoms with Crippen molar-refractivity contribution in [3.8, 4) is 5.75 Å². The summed E-state index contributed by atoms with van der Waals surface area (Å²) in [4.78, 5) is 0. The van der Waals surface area contributed by atoms with Crippen molar-refractivity contribution in [3.05, 3.63) is 28.8 Å². The molecule has 0 aliphatic carbocycles. The molecule has 3 nitrogen and oxygen atoms in total. The molecule has 0 bridgehead atoms. The molecule has 0 aliphatic rings. The molecule has 0 saturated heterocycles. The minimum Gasteiger partial charge on any atom is -0.434 e. The number of benzene rings is 1. The van der Waals surface area contributed by atoms with E-state index in [0.29, 0.717) is 23.7 Å². The monoisotopic (exact) mass is 321 g/mol. The highest BCUT2D eigenvalue weighted by molar-refractivity contribution is 6.30. The molecule has 6 heteroatoms. The molecule has 0 amide bonds. The second-order valence-corrected chi connectivity index (χ2v) is 6.16. The van der Waals surface area contributed by atoms with Crippen molar-refractivity contribution in [3.63, 3.8) is 0 Å². The van der Waals surface area contributed by atoms with Crippen molar-refractivity contribution < 1.29 is 18.6 Å². The van der Waals surface area contributed by atoms with Crippen molar-refractivity contribution in [1.29, 1.82) is 0 Å². The fourth-order valence-corrected chi connectivity index (χ4v) is 2.27. The molecule has 0 fully saturated rings. The van der Waals surface area contributed by atoms with Gasteiger partial charge in [-0.1, -0.05) is 25.4 Å². The summed E-state index contributed by atoms with van der Waals surface area (Å²) in [5, 5.41) is 12.6. The minimum absolute atomic E-state index is 0.0189. The lowest BCUT2D eigenvalue weighted by molar-refractivity contribution is -0.0505. The lowest BCUT2D eigenvalue weighted by Crippen LogP contribution is -2.29. The third kappa shape index (κ3) is 7.07. The topological polar surface area (TPSA) is 41.5 Å².